The highest BCUT2D eigenvalue weighted by Crippen LogP contribution is 2.18. The number of hydrogen-bond acceptors (Lipinski definition) is 10. The van der Waals surface area contributed by atoms with E-state index in [4.69, 9.17) is 16.2 Å². The number of esters is 1. The van der Waals surface area contributed by atoms with Crippen molar-refractivity contribution in [2.75, 3.05) is 41.0 Å². The third-order valence-electron chi connectivity index (χ3n) is 5.19. The lowest BCUT2D eigenvalue weighted by molar-refractivity contribution is -0.140. The maximum Gasteiger partial charge on any atom is 0.328 e. The van der Waals surface area contributed by atoms with Gasteiger partial charge in [0, 0.05) is 30.7 Å². The fourth-order valence-corrected chi connectivity index (χ4v) is 4.07. The van der Waals surface area contributed by atoms with Crippen LogP contribution in [0, 0.1) is 0 Å². The third-order valence-corrected chi connectivity index (χ3v) is 6.24. The summed E-state index contributed by atoms with van der Waals surface area (Å²) in [6, 6.07) is 6.40. The molecule has 1 atom stereocenters. The Morgan fingerprint density at radius 2 is 2.00 bits per heavy atom. The predicted molar refractivity (Wildman–Crippen MR) is 142 cm³/mol. The Morgan fingerprint density at radius 3 is 2.69 bits per heavy atom. The molecule has 1 aromatic carbocycles. The lowest BCUT2D eigenvalue weighted by Crippen LogP contribution is -2.37. The minimum atomic E-state index is -0.706. The zero-order chi connectivity index (χ0) is 26.1. The highest BCUT2D eigenvalue weighted by molar-refractivity contribution is 7.99. The van der Waals surface area contributed by atoms with Crippen LogP contribution in [0.3, 0.4) is 0 Å². The van der Waals surface area contributed by atoms with Crippen molar-refractivity contribution in [2.45, 2.75) is 39.3 Å². The number of amides is 1. The molecule has 0 radical (unpaired) electrons. The number of nitrogens with zero attached hydrogens (tertiary/aromatic N) is 3. The van der Waals surface area contributed by atoms with Crippen LogP contribution in [0.25, 0.3) is 11.2 Å². The molecular weight excluding hydrogens is 484 g/mol. The van der Waals surface area contributed by atoms with Gasteiger partial charge in [-0.3, -0.25) is 14.2 Å². The lowest BCUT2D eigenvalue weighted by Gasteiger charge is -2.12. The fourth-order valence-electron chi connectivity index (χ4n) is 3.30. The second-order valence-corrected chi connectivity index (χ2v) is 9.29. The van der Waals surface area contributed by atoms with Crippen molar-refractivity contribution in [2.24, 2.45) is 5.73 Å². The number of nitrogens with two attached hydrogens (primary N) is 2. The van der Waals surface area contributed by atoms with Crippen LogP contribution in [0.15, 0.2) is 29.1 Å². The summed E-state index contributed by atoms with van der Waals surface area (Å²) in [7, 11) is 0. The van der Waals surface area contributed by atoms with E-state index < -0.39 is 6.04 Å². The molecule has 1 amide bonds. The van der Waals surface area contributed by atoms with Crippen molar-refractivity contribution in [1.82, 2.24) is 19.5 Å². The monoisotopic (exact) mass is 516 g/mol. The number of carbonyl (C=O) groups is 2. The number of H-pyrrole nitrogens is 1. The lowest BCUT2D eigenvalue weighted by atomic mass is 10.2. The summed E-state index contributed by atoms with van der Waals surface area (Å²) in [4.78, 5) is 47.1. The van der Waals surface area contributed by atoms with Gasteiger partial charge in [-0.25, -0.2) is 4.79 Å². The smallest absolute Gasteiger partial charge is 0.328 e. The number of carbonyl (C=O) groups excluding carboxylic acids is 2. The summed E-state index contributed by atoms with van der Waals surface area (Å²) in [6.45, 7) is 4.69. The molecule has 0 fully saturated rings. The quantitative estimate of drug-likeness (QED) is 0.165. The summed E-state index contributed by atoms with van der Waals surface area (Å²) in [5, 5.41) is 5.92. The number of aromatic amines is 1. The van der Waals surface area contributed by atoms with Gasteiger partial charge in [0.05, 0.1) is 12.6 Å². The van der Waals surface area contributed by atoms with Gasteiger partial charge in [0.15, 0.2) is 11.5 Å². The summed E-state index contributed by atoms with van der Waals surface area (Å²) in [5.74, 6) is 0.890. The molecule has 7 N–H and O–H groups in total. The van der Waals surface area contributed by atoms with E-state index in [0.717, 1.165) is 18.4 Å². The molecule has 0 aliphatic carbocycles. The first kappa shape index (κ1) is 27.0. The number of nitrogens with one attached hydrogen (secondary N) is 3. The Balaban J connectivity index is 1.61. The van der Waals surface area contributed by atoms with Gasteiger partial charge in [0.1, 0.15) is 12.1 Å². The molecule has 2 heterocycles. The number of anilines is 3. The van der Waals surface area contributed by atoms with Gasteiger partial charge >= 0.3 is 11.7 Å². The maximum absolute atomic E-state index is 12.6. The largest absolute Gasteiger partial charge is 0.465 e. The van der Waals surface area contributed by atoms with Crippen LogP contribution in [-0.2, 0) is 20.9 Å². The Bertz CT molecular complexity index is 1240. The zero-order valence-electron chi connectivity index (χ0n) is 20.4. The van der Waals surface area contributed by atoms with E-state index in [0.29, 0.717) is 40.9 Å². The number of ether oxygens (including phenoxy) is 1. The van der Waals surface area contributed by atoms with Crippen LogP contribution in [0.1, 0.15) is 32.3 Å². The van der Waals surface area contributed by atoms with Crippen LogP contribution in [0.4, 0.5) is 17.5 Å². The van der Waals surface area contributed by atoms with E-state index in [1.165, 1.54) is 23.3 Å². The molecule has 0 saturated carbocycles. The van der Waals surface area contributed by atoms with Crippen molar-refractivity contribution >= 4 is 52.3 Å². The number of hydrogen-bond donors (Lipinski definition) is 5. The first-order chi connectivity index (χ1) is 17.3. The first-order valence-corrected chi connectivity index (χ1v) is 12.8. The number of imidazole rings is 1. The average molecular weight is 517 g/mol. The van der Waals surface area contributed by atoms with E-state index >= 15 is 0 Å². The van der Waals surface area contributed by atoms with E-state index in [1.54, 1.807) is 12.1 Å². The van der Waals surface area contributed by atoms with E-state index in [1.807, 2.05) is 12.1 Å². The van der Waals surface area contributed by atoms with Crippen molar-refractivity contribution in [1.29, 1.82) is 0 Å². The summed E-state index contributed by atoms with van der Waals surface area (Å²) in [6.07, 6.45) is 1.99. The number of thioether (sulfide) groups is 1. The SMILES string of the molecule is CCCCNc1nc(N)c2[nH]c(=O)n(Cc3ccc(NC(=O)[C@@H](N)CSCCOC(C)=O)cc3)c2n1. The van der Waals surface area contributed by atoms with Gasteiger partial charge in [0.2, 0.25) is 11.9 Å². The topological polar surface area (TPSA) is 183 Å². The number of fused-ring (bicyclic) bond motifs is 1. The van der Waals surface area contributed by atoms with E-state index in [9.17, 15) is 14.4 Å². The van der Waals surface area contributed by atoms with Crippen molar-refractivity contribution in [3.63, 3.8) is 0 Å². The zero-order valence-corrected chi connectivity index (χ0v) is 21.2. The Kier molecular flexibility index (Phi) is 9.70. The summed E-state index contributed by atoms with van der Waals surface area (Å²) < 4.78 is 6.35. The number of aromatic nitrogens is 4. The Hall–Kier alpha value is -3.58. The van der Waals surface area contributed by atoms with E-state index in [-0.39, 0.29) is 36.5 Å². The molecule has 0 spiro atoms. The molecule has 3 rings (SSSR count). The van der Waals surface area contributed by atoms with Crippen LogP contribution in [-0.4, -0.2) is 62.1 Å². The molecule has 0 unspecified atom stereocenters. The van der Waals surface area contributed by atoms with Crippen LogP contribution in [0.2, 0.25) is 0 Å². The number of nitrogen functional groups attached to an aromatic ring is 1. The average Bonchev–Trinajstić information content (AvgIpc) is 3.15. The molecule has 194 valence electrons. The van der Waals surface area contributed by atoms with Gasteiger partial charge < -0.3 is 31.8 Å². The van der Waals surface area contributed by atoms with Crippen LogP contribution >= 0.6 is 11.8 Å². The fraction of sp³-hybridized carbons (Fsp3) is 0.435. The first-order valence-electron chi connectivity index (χ1n) is 11.6. The minimum absolute atomic E-state index is 0.203. The molecule has 0 aliphatic heterocycles. The van der Waals surface area contributed by atoms with Crippen LogP contribution in [0.5, 0.6) is 0 Å². The van der Waals surface area contributed by atoms with Crippen molar-refractivity contribution < 1.29 is 14.3 Å². The Morgan fingerprint density at radius 1 is 1.25 bits per heavy atom. The molecule has 12 nitrogen and oxygen atoms in total. The minimum Gasteiger partial charge on any atom is -0.465 e. The number of rotatable bonds is 13. The number of benzene rings is 1. The van der Waals surface area contributed by atoms with Gasteiger partial charge in [-0.2, -0.15) is 21.7 Å². The van der Waals surface area contributed by atoms with Gasteiger partial charge in [-0.1, -0.05) is 25.5 Å². The molecule has 3 aromatic rings. The summed E-state index contributed by atoms with van der Waals surface area (Å²) >= 11 is 1.43. The molecule has 36 heavy (non-hydrogen) atoms. The standard InChI is InChI=1S/C23H32N8O4S/c1-3-4-9-26-22-29-19(25)18-20(30-22)31(23(34)28-18)12-15-5-7-16(8-6-15)27-21(33)17(24)13-36-11-10-35-14(2)32/h5-8,17H,3-4,9-13,24H2,1-2H3,(H,27,33)(H,28,34)(H3,25,26,29,30)/t17-/m0/s1. The van der Waals surface area contributed by atoms with Gasteiger partial charge in [0.25, 0.3) is 0 Å². The van der Waals surface area contributed by atoms with Gasteiger partial charge in [-0.05, 0) is 24.1 Å². The second kappa shape index (κ2) is 12.9. The molecule has 2 aromatic heterocycles. The van der Waals surface area contributed by atoms with E-state index in [2.05, 4.69) is 32.5 Å². The highest BCUT2D eigenvalue weighted by atomic mass is 32.2. The van der Waals surface area contributed by atoms with Crippen molar-refractivity contribution in [3.8, 4) is 0 Å². The molecule has 13 heteroatoms. The van der Waals surface area contributed by atoms with Gasteiger partial charge in [-0.15, -0.1) is 0 Å². The molecule has 0 bridgehead atoms. The van der Waals surface area contributed by atoms with Crippen LogP contribution < -0.4 is 27.8 Å². The maximum atomic E-state index is 12.6. The molecular formula is C23H32N8O4S. The molecule has 0 aliphatic rings. The Labute approximate surface area is 212 Å². The summed E-state index contributed by atoms with van der Waals surface area (Å²) in [5.41, 5.74) is 13.9. The normalized spacial score (nSPS) is 11.9. The highest BCUT2D eigenvalue weighted by Gasteiger charge is 2.16. The third kappa shape index (κ3) is 7.46. The van der Waals surface area contributed by atoms with Crippen molar-refractivity contribution in [3.05, 3.63) is 40.3 Å². The number of unbranched alkanes of at least 4 members (excludes halogenated alkanes) is 1. The molecule has 0 saturated heterocycles. The predicted octanol–water partition coefficient (Wildman–Crippen LogP) is 1.52. The second-order valence-electron chi connectivity index (χ2n) is 8.14.